The van der Waals surface area contributed by atoms with Crippen LogP contribution in [0.1, 0.15) is 24.2 Å². The average molecular weight is 503 g/mol. The van der Waals surface area contributed by atoms with Gasteiger partial charge in [0.25, 0.3) is 5.91 Å². The number of fused-ring (bicyclic) bond motifs is 1. The maximum atomic E-state index is 13.0. The number of hydrogen-bond donors (Lipinski definition) is 0. The number of aromatic nitrogens is 1. The van der Waals surface area contributed by atoms with Crippen molar-refractivity contribution < 1.29 is 22.7 Å². The maximum absolute atomic E-state index is 13.0. The van der Waals surface area contributed by atoms with Crippen LogP contribution in [-0.2, 0) is 21.3 Å². The van der Waals surface area contributed by atoms with Gasteiger partial charge in [0, 0.05) is 38.3 Å². The molecule has 1 saturated heterocycles. The zero-order chi connectivity index (χ0) is 24.3. The molecule has 1 aromatic heterocycles. The molecule has 4 rings (SSSR count). The lowest BCUT2D eigenvalue weighted by Gasteiger charge is -2.33. The van der Waals surface area contributed by atoms with E-state index in [2.05, 4.69) is 4.99 Å². The monoisotopic (exact) mass is 502 g/mol. The van der Waals surface area contributed by atoms with Crippen molar-refractivity contribution in [2.75, 3.05) is 32.8 Å². The van der Waals surface area contributed by atoms with Gasteiger partial charge in [-0.3, -0.25) is 4.79 Å². The number of benzene rings is 2. The smallest absolute Gasteiger partial charge is 0.409 e. The van der Waals surface area contributed by atoms with Crippen molar-refractivity contribution in [2.45, 2.75) is 25.3 Å². The van der Waals surface area contributed by atoms with Crippen LogP contribution < -0.4 is 4.80 Å². The van der Waals surface area contributed by atoms with Crippen LogP contribution in [0, 0.1) is 0 Å². The molecule has 2 amide bonds. The first-order valence-electron chi connectivity index (χ1n) is 11.0. The summed E-state index contributed by atoms with van der Waals surface area (Å²) in [5.74, 6) is -0.430. The van der Waals surface area contributed by atoms with Crippen LogP contribution in [-0.4, -0.2) is 67.0 Å². The van der Waals surface area contributed by atoms with Crippen LogP contribution in [0.25, 0.3) is 10.2 Å². The lowest BCUT2D eigenvalue weighted by molar-refractivity contribution is 0.0933. The van der Waals surface area contributed by atoms with E-state index < -0.39 is 22.0 Å². The van der Waals surface area contributed by atoms with Crippen LogP contribution in [0.5, 0.6) is 0 Å². The summed E-state index contributed by atoms with van der Waals surface area (Å²) in [5, 5.41) is 0. The summed E-state index contributed by atoms with van der Waals surface area (Å²) >= 11 is 1.44. The molecular formula is C23H26N4O5S2. The molecule has 0 N–H and O–H groups in total. The fraction of sp³-hybridized carbons (Fsp3) is 0.348. The maximum Gasteiger partial charge on any atom is 0.409 e. The van der Waals surface area contributed by atoms with Crippen LogP contribution in [0.15, 0.2) is 58.4 Å². The van der Waals surface area contributed by atoms with Gasteiger partial charge in [-0.2, -0.15) is 9.30 Å². The minimum absolute atomic E-state index is 0.0964. The zero-order valence-electron chi connectivity index (χ0n) is 19.0. The highest BCUT2D eigenvalue weighted by molar-refractivity contribution is 7.89. The number of rotatable bonds is 5. The van der Waals surface area contributed by atoms with Crippen molar-refractivity contribution in [1.29, 1.82) is 0 Å². The van der Waals surface area contributed by atoms with Crippen LogP contribution in [0.3, 0.4) is 0 Å². The Morgan fingerprint density at radius 2 is 1.68 bits per heavy atom. The SMILES string of the molecule is CCOC(=O)N1CCN(S(=O)(=O)c2ccc(C(=O)N=c3sc4ccccc4n3CC)cc2)CC1. The number of para-hydroxylation sites is 1. The van der Waals surface area contributed by atoms with Gasteiger partial charge >= 0.3 is 6.09 Å². The normalized spacial score (nSPS) is 15.6. The van der Waals surface area contributed by atoms with E-state index in [9.17, 15) is 18.0 Å². The number of hydrogen-bond acceptors (Lipinski definition) is 6. The molecule has 2 heterocycles. The molecule has 1 fully saturated rings. The summed E-state index contributed by atoms with van der Waals surface area (Å²) in [6.45, 7) is 5.56. The third-order valence-electron chi connectivity index (χ3n) is 5.61. The van der Waals surface area contributed by atoms with Gasteiger partial charge in [-0.1, -0.05) is 23.5 Å². The minimum Gasteiger partial charge on any atom is -0.450 e. The molecule has 0 spiro atoms. The molecule has 0 saturated carbocycles. The van der Waals surface area contributed by atoms with Gasteiger partial charge in [0.05, 0.1) is 21.7 Å². The summed E-state index contributed by atoms with van der Waals surface area (Å²) in [7, 11) is -3.74. The third-order valence-corrected chi connectivity index (χ3v) is 8.58. The molecule has 34 heavy (non-hydrogen) atoms. The molecule has 0 unspecified atom stereocenters. The summed E-state index contributed by atoms with van der Waals surface area (Å²) in [4.78, 5) is 31.1. The topological polar surface area (TPSA) is 101 Å². The molecule has 3 aromatic rings. The quantitative estimate of drug-likeness (QED) is 0.534. The van der Waals surface area contributed by atoms with E-state index >= 15 is 0 Å². The predicted molar refractivity (Wildman–Crippen MR) is 129 cm³/mol. The number of carbonyl (C=O) groups is 2. The number of amides is 2. The van der Waals surface area contributed by atoms with Gasteiger partial charge in [0.1, 0.15) is 0 Å². The Bertz CT molecular complexity index is 1370. The molecule has 9 nitrogen and oxygen atoms in total. The number of aryl methyl sites for hydroxylation is 1. The van der Waals surface area contributed by atoms with Crippen molar-refractivity contribution in [2.24, 2.45) is 4.99 Å². The van der Waals surface area contributed by atoms with Gasteiger partial charge in [0.2, 0.25) is 10.0 Å². The van der Waals surface area contributed by atoms with Gasteiger partial charge in [0.15, 0.2) is 4.80 Å². The summed E-state index contributed by atoms with van der Waals surface area (Å²) < 4.78 is 35.4. The Kier molecular flexibility index (Phi) is 7.15. The summed E-state index contributed by atoms with van der Waals surface area (Å²) in [6, 6.07) is 13.7. The van der Waals surface area contributed by atoms with E-state index in [0.717, 1.165) is 10.2 Å². The second-order valence-corrected chi connectivity index (χ2v) is 10.6. The zero-order valence-corrected chi connectivity index (χ0v) is 20.6. The van der Waals surface area contributed by atoms with E-state index in [1.165, 1.54) is 44.8 Å². The molecule has 0 bridgehead atoms. The highest BCUT2D eigenvalue weighted by Gasteiger charge is 2.30. The fourth-order valence-electron chi connectivity index (χ4n) is 3.81. The number of piperazine rings is 1. The second kappa shape index (κ2) is 10.1. The van der Waals surface area contributed by atoms with Crippen molar-refractivity contribution in [3.05, 3.63) is 58.9 Å². The molecule has 0 atom stereocenters. The summed E-state index contributed by atoms with van der Waals surface area (Å²) in [5.41, 5.74) is 1.33. The number of nitrogens with zero attached hydrogens (tertiary/aromatic N) is 4. The van der Waals surface area contributed by atoms with E-state index in [0.29, 0.717) is 16.9 Å². The van der Waals surface area contributed by atoms with E-state index in [4.69, 9.17) is 4.74 Å². The molecule has 1 aliphatic rings. The molecule has 11 heteroatoms. The Morgan fingerprint density at radius 3 is 2.32 bits per heavy atom. The average Bonchev–Trinajstić information content (AvgIpc) is 3.21. The van der Waals surface area contributed by atoms with E-state index in [-0.39, 0.29) is 37.7 Å². The van der Waals surface area contributed by atoms with Crippen LogP contribution in [0.2, 0.25) is 0 Å². The van der Waals surface area contributed by atoms with Gasteiger partial charge in [-0.15, -0.1) is 0 Å². The highest BCUT2D eigenvalue weighted by atomic mass is 32.2. The first kappa shape index (κ1) is 24.1. The largest absolute Gasteiger partial charge is 0.450 e. The van der Waals surface area contributed by atoms with Gasteiger partial charge in [-0.25, -0.2) is 13.2 Å². The van der Waals surface area contributed by atoms with Gasteiger partial charge in [-0.05, 0) is 50.2 Å². The summed E-state index contributed by atoms with van der Waals surface area (Å²) in [6.07, 6.45) is -0.436. The predicted octanol–water partition coefficient (Wildman–Crippen LogP) is 2.93. The number of thiazole rings is 1. The Morgan fingerprint density at radius 1 is 1.00 bits per heavy atom. The first-order chi connectivity index (χ1) is 16.3. The number of carbonyl (C=O) groups excluding carboxylic acids is 2. The fourth-order valence-corrected chi connectivity index (χ4v) is 6.32. The molecular weight excluding hydrogens is 476 g/mol. The van der Waals surface area contributed by atoms with Crippen LogP contribution in [0.4, 0.5) is 4.79 Å². The standard InChI is InChI=1S/C23H26N4O5S2/c1-3-27-19-7-5-6-8-20(19)33-22(27)24-21(28)17-9-11-18(12-10-17)34(30,31)26-15-13-25(14-16-26)23(29)32-4-2/h5-12H,3-4,13-16H2,1-2H3. The van der Waals surface area contributed by atoms with E-state index in [1.54, 1.807) is 6.92 Å². The molecule has 0 aliphatic carbocycles. The minimum atomic E-state index is -3.74. The Hall–Kier alpha value is -3.02. The van der Waals surface area contributed by atoms with E-state index in [1.807, 2.05) is 35.8 Å². The van der Waals surface area contributed by atoms with Crippen molar-refractivity contribution in [1.82, 2.24) is 13.8 Å². The van der Waals surface area contributed by atoms with Gasteiger partial charge < -0.3 is 14.2 Å². The molecule has 180 valence electrons. The molecule has 0 radical (unpaired) electrons. The third kappa shape index (κ3) is 4.77. The highest BCUT2D eigenvalue weighted by Crippen LogP contribution is 2.20. The Labute approximate surface area is 201 Å². The number of ether oxygens (including phenoxy) is 1. The van der Waals surface area contributed by atoms with Crippen molar-refractivity contribution >= 4 is 43.6 Å². The lowest BCUT2D eigenvalue weighted by Crippen LogP contribution is -2.50. The first-order valence-corrected chi connectivity index (χ1v) is 13.3. The van der Waals surface area contributed by atoms with Crippen molar-refractivity contribution in [3.63, 3.8) is 0 Å². The van der Waals surface area contributed by atoms with Crippen LogP contribution >= 0.6 is 11.3 Å². The molecule has 2 aromatic carbocycles. The Balaban J connectivity index is 1.50. The molecule has 1 aliphatic heterocycles. The van der Waals surface area contributed by atoms with Crippen molar-refractivity contribution in [3.8, 4) is 0 Å². The lowest BCUT2D eigenvalue weighted by atomic mass is 10.2. The second-order valence-electron chi connectivity index (χ2n) is 7.63. The number of sulfonamides is 1.